The molecule has 0 atom stereocenters. The van der Waals surface area contributed by atoms with Gasteiger partial charge in [0.1, 0.15) is 5.52 Å². The molecule has 3 rings (SSSR count). The quantitative estimate of drug-likeness (QED) is 0.485. The summed E-state index contributed by atoms with van der Waals surface area (Å²) in [7, 11) is 0. The number of benzene rings is 1. The highest BCUT2D eigenvalue weighted by molar-refractivity contribution is 6.31. The van der Waals surface area contributed by atoms with Gasteiger partial charge in [-0.1, -0.05) is 11.6 Å². The predicted molar refractivity (Wildman–Crippen MR) is 62.8 cm³/mol. The van der Waals surface area contributed by atoms with Crippen LogP contribution in [-0.2, 0) is 0 Å². The largest absolute Gasteiger partial charge is 0.594 e. The SMILES string of the molecule is [O-][n+]1nc(-n2cccc2)nc2ccc(Cl)cc21. The number of halogens is 1. The molecule has 0 aliphatic heterocycles. The Morgan fingerprint density at radius 1 is 1.24 bits per heavy atom. The van der Waals surface area contributed by atoms with Crippen molar-refractivity contribution in [3.63, 3.8) is 0 Å². The van der Waals surface area contributed by atoms with Gasteiger partial charge in [-0.3, -0.25) is 4.57 Å². The Bertz CT molecular complexity index is 681. The van der Waals surface area contributed by atoms with Gasteiger partial charge >= 0.3 is 5.95 Å². The maximum Gasteiger partial charge on any atom is 0.301 e. The molecule has 0 radical (unpaired) electrons. The Balaban J connectivity index is 2.28. The highest BCUT2D eigenvalue weighted by Crippen LogP contribution is 2.14. The average molecular weight is 247 g/mol. The fraction of sp³-hybridized carbons (Fsp3) is 0. The summed E-state index contributed by atoms with van der Waals surface area (Å²) in [5.41, 5.74) is 0.913. The maximum atomic E-state index is 11.7. The van der Waals surface area contributed by atoms with Crippen LogP contribution in [0.3, 0.4) is 0 Å². The lowest BCUT2D eigenvalue weighted by atomic mass is 10.3. The Kier molecular flexibility index (Phi) is 2.19. The van der Waals surface area contributed by atoms with Gasteiger partial charge in [0.15, 0.2) is 0 Å². The lowest BCUT2D eigenvalue weighted by Crippen LogP contribution is -2.34. The first-order chi connectivity index (χ1) is 8.24. The molecule has 2 heterocycles. The smallest absolute Gasteiger partial charge is 0.301 e. The monoisotopic (exact) mass is 246 g/mol. The Morgan fingerprint density at radius 2 is 2.00 bits per heavy atom. The first-order valence-corrected chi connectivity index (χ1v) is 5.32. The van der Waals surface area contributed by atoms with Gasteiger partial charge in [0, 0.05) is 23.5 Å². The number of hydrogen-bond acceptors (Lipinski definition) is 3. The fourth-order valence-corrected chi connectivity index (χ4v) is 1.75. The minimum atomic E-state index is 0.333. The Morgan fingerprint density at radius 3 is 2.76 bits per heavy atom. The second kappa shape index (κ2) is 3.71. The lowest BCUT2D eigenvalue weighted by Gasteiger charge is -2.02. The molecule has 84 valence electrons. The molecule has 0 unspecified atom stereocenters. The molecule has 0 aliphatic carbocycles. The topological polar surface area (TPSA) is 57.6 Å². The van der Waals surface area contributed by atoms with Gasteiger partial charge in [-0.15, -0.1) is 0 Å². The molecule has 3 aromatic rings. The van der Waals surface area contributed by atoms with Gasteiger partial charge in [-0.05, 0) is 29.1 Å². The van der Waals surface area contributed by atoms with Crippen LogP contribution in [0.4, 0.5) is 0 Å². The van der Waals surface area contributed by atoms with Crippen LogP contribution in [-0.4, -0.2) is 14.6 Å². The van der Waals surface area contributed by atoms with Gasteiger partial charge in [-0.25, -0.2) is 4.98 Å². The molecular weight excluding hydrogens is 240 g/mol. The zero-order chi connectivity index (χ0) is 11.8. The second-order valence-electron chi connectivity index (χ2n) is 3.51. The fourth-order valence-electron chi connectivity index (χ4n) is 1.59. The van der Waals surface area contributed by atoms with Gasteiger partial charge in [-0.2, -0.15) is 0 Å². The average Bonchev–Trinajstić information content (AvgIpc) is 2.83. The summed E-state index contributed by atoms with van der Waals surface area (Å²) in [5, 5.41) is 16.1. The molecule has 0 fully saturated rings. The molecule has 0 saturated heterocycles. The number of rotatable bonds is 1. The summed E-state index contributed by atoms with van der Waals surface area (Å²) in [6, 6.07) is 8.61. The van der Waals surface area contributed by atoms with Gasteiger partial charge in [0.25, 0.3) is 5.52 Å². The lowest BCUT2D eigenvalue weighted by molar-refractivity contribution is -0.642. The third-order valence-corrected chi connectivity index (χ3v) is 2.61. The van der Waals surface area contributed by atoms with E-state index in [1.807, 2.05) is 12.1 Å². The molecule has 5 nitrogen and oxygen atoms in total. The van der Waals surface area contributed by atoms with Gasteiger partial charge in [0.05, 0.1) is 5.10 Å². The second-order valence-corrected chi connectivity index (χ2v) is 3.94. The van der Waals surface area contributed by atoms with E-state index < -0.39 is 0 Å². The van der Waals surface area contributed by atoms with E-state index in [9.17, 15) is 5.21 Å². The van der Waals surface area contributed by atoms with Crippen molar-refractivity contribution in [1.29, 1.82) is 0 Å². The van der Waals surface area contributed by atoms with Crippen molar-refractivity contribution in [1.82, 2.24) is 14.6 Å². The van der Waals surface area contributed by atoms with Crippen LogP contribution >= 0.6 is 11.6 Å². The van der Waals surface area contributed by atoms with Crippen LogP contribution in [0.5, 0.6) is 0 Å². The van der Waals surface area contributed by atoms with Crippen molar-refractivity contribution in [2.45, 2.75) is 0 Å². The van der Waals surface area contributed by atoms with E-state index in [1.54, 1.807) is 35.2 Å². The molecule has 0 amide bonds. The minimum absolute atomic E-state index is 0.333. The van der Waals surface area contributed by atoms with Crippen molar-refractivity contribution >= 4 is 22.6 Å². The molecule has 6 heteroatoms. The third-order valence-electron chi connectivity index (χ3n) is 2.38. The van der Waals surface area contributed by atoms with E-state index in [2.05, 4.69) is 10.1 Å². The van der Waals surface area contributed by atoms with Crippen molar-refractivity contribution in [2.24, 2.45) is 0 Å². The van der Waals surface area contributed by atoms with Crippen molar-refractivity contribution < 1.29 is 4.85 Å². The highest BCUT2D eigenvalue weighted by Gasteiger charge is 2.11. The van der Waals surface area contributed by atoms with E-state index in [0.717, 1.165) is 0 Å². The van der Waals surface area contributed by atoms with E-state index >= 15 is 0 Å². The normalized spacial score (nSPS) is 10.9. The maximum absolute atomic E-state index is 11.7. The molecule has 0 spiro atoms. The van der Waals surface area contributed by atoms with E-state index in [4.69, 9.17) is 11.6 Å². The van der Waals surface area contributed by atoms with Gasteiger partial charge < -0.3 is 5.21 Å². The molecular formula is C11H7ClN4O. The summed E-state index contributed by atoms with van der Waals surface area (Å²) >= 11 is 5.82. The summed E-state index contributed by atoms with van der Waals surface area (Å²) in [6.07, 6.45) is 3.55. The van der Waals surface area contributed by atoms with Crippen LogP contribution in [0.2, 0.25) is 5.02 Å². The molecule has 1 aromatic carbocycles. The molecule has 17 heavy (non-hydrogen) atoms. The first-order valence-electron chi connectivity index (χ1n) is 4.94. The summed E-state index contributed by atoms with van der Waals surface area (Å²) in [5.74, 6) is 0.333. The standard InChI is InChI=1S/C11H7ClN4O/c12-8-3-4-9-10(7-8)16(17)14-11(13-9)15-5-1-2-6-15/h1-7H. The van der Waals surface area contributed by atoms with Crippen molar-refractivity contribution in [3.8, 4) is 5.95 Å². The first kappa shape index (κ1) is 10.0. The van der Waals surface area contributed by atoms with Gasteiger partial charge in [0.2, 0.25) is 0 Å². The summed E-state index contributed by atoms with van der Waals surface area (Å²) < 4.78 is 1.67. The predicted octanol–water partition coefficient (Wildman–Crippen LogP) is 1.71. The van der Waals surface area contributed by atoms with Crippen LogP contribution in [0.25, 0.3) is 17.0 Å². The van der Waals surface area contributed by atoms with Crippen LogP contribution < -0.4 is 4.85 Å². The minimum Gasteiger partial charge on any atom is -0.594 e. The molecule has 0 saturated carbocycles. The molecule has 2 aromatic heterocycles. The summed E-state index contributed by atoms with van der Waals surface area (Å²) in [6.45, 7) is 0. The Hall–Kier alpha value is -2.14. The summed E-state index contributed by atoms with van der Waals surface area (Å²) in [4.78, 5) is 4.82. The zero-order valence-electron chi connectivity index (χ0n) is 8.62. The third kappa shape index (κ3) is 1.70. The highest BCUT2D eigenvalue weighted by atomic mass is 35.5. The number of aromatic nitrogens is 4. The molecule has 0 N–H and O–H groups in total. The van der Waals surface area contributed by atoms with Crippen molar-refractivity contribution in [2.75, 3.05) is 0 Å². The number of fused-ring (bicyclic) bond motifs is 1. The van der Waals surface area contributed by atoms with Crippen molar-refractivity contribution in [3.05, 3.63) is 53.0 Å². The van der Waals surface area contributed by atoms with E-state index in [1.165, 1.54) is 0 Å². The Labute approximate surface area is 101 Å². The zero-order valence-corrected chi connectivity index (χ0v) is 9.37. The van der Waals surface area contributed by atoms with E-state index in [-0.39, 0.29) is 0 Å². The number of nitrogens with zero attached hydrogens (tertiary/aromatic N) is 4. The molecule has 0 bridgehead atoms. The van der Waals surface area contributed by atoms with E-state index in [0.29, 0.717) is 26.8 Å². The van der Waals surface area contributed by atoms with Crippen LogP contribution in [0, 0.1) is 5.21 Å². The molecule has 0 aliphatic rings. The number of hydrogen-bond donors (Lipinski definition) is 0. The van der Waals surface area contributed by atoms with Crippen LogP contribution in [0.15, 0.2) is 42.7 Å². The van der Waals surface area contributed by atoms with Crippen LogP contribution in [0.1, 0.15) is 0 Å².